The van der Waals surface area contributed by atoms with Crippen molar-refractivity contribution in [3.05, 3.63) is 0 Å². The Balaban J connectivity index is 1.92. The molecule has 21 heavy (non-hydrogen) atoms. The lowest BCUT2D eigenvalue weighted by Gasteiger charge is -2.38. The molecule has 0 atom stereocenters. The Morgan fingerprint density at radius 3 is 2.48 bits per heavy atom. The van der Waals surface area contributed by atoms with Gasteiger partial charge >= 0.3 is 0 Å². The van der Waals surface area contributed by atoms with Crippen LogP contribution in [0.1, 0.15) is 53.4 Å². The van der Waals surface area contributed by atoms with Gasteiger partial charge in [-0.25, -0.2) is 4.99 Å². The number of amides is 1. The van der Waals surface area contributed by atoms with Crippen LogP contribution in [-0.4, -0.2) is 48.5 Å². The lowest BCUT2D eigenvalue weighted by Crippen LogP contribution is -2.44. The smallest absolute Gasteiger partial charge is 0.242 e. The van der Waals surface area contributed by atoms with E-state index in [1.54, 1.807) is 0 Å². The first-order chi connectivity index (χ1) is 9.84. The summed E-state index contributed by atoms with van der Waals surface area (Å²) >= 11 is 0. The van der Waals surface area contributed by atoms with Crippen LogP contribution in [-0.2, 0) is 4.79 Å². The molecule has 1 heterocycles. The number of rotatable bonds is 3. The molecular weight excluding hydrogens is 264 g/mol. The predicted octanol–water partition coefficient (Wildman–Crippen LogP) is 1.74. The first-order valence-electron chi connectivity index (χ1n) is 8.18. The first-order valence-corrected chi connectivity index (χ1v) is 8.18. The second-order valence-electron chi connectivity index (χ2n) is 7.49. The first kappa shape index (κ1) is 16.1. The minimum absolute atomic E-state index is 0.0181. The van der Waals surface area contributed by atoms with Crippen molar-refractivity contribution in [3.8, 4) is 0 Å². The third-order valence-corrected chi connectivity index (χ3v) is 4.37. The van der Waals surface area contributed by atoms with Crippen LogP contribution in [0, 0.1) is 5.41 Å². The summed E-state index contributed by atoms with van der Waals surface area (Å²) < 4.78 is 0. The molecule has 0 unspecified atom stereocenters. The van der Waals surface area contributed by atoms with E-state index in [9.17, 15) is 4.79 Å². The van der Waals surface area contributed by atoms with E-state index in [-0.39, 0.29) is 18.0 Å². The van der Waals surface area contributed by atoms with E-state index in [2.05, 4.69) is 27.4 Å². The Morgan fingerprint density at radius 1 is 1.29 bits per heavy atom. The van der Waals surface area contributed by atoms with Crippen LogP contribution >= 0.6 is 0 Å². The standard InChI is InChI=1S/C16H30N4O/c1-5-17-14(18-11-13(21)19-15(2,3)4)20-10-9-16(12-20)7-6-8-16/h5-12H2,1-4H3,(H,17,18)(H,19,21). The largest absolute Gasteiger partial charge is 0.357 e. The third-order valence-electron chi connectivity index (χ3n) is 4.37. The molecule has 0 aromatic heterocycles. The number of carbonyl (C=O) groups excluding carboxylic acids is 1. The van der Waals surface area contributed by atoms with E-state index in [0.717, 1.165) is 25.6 Å². The van der Waals surface area contributed by atoms with Gasteiger partial charge in [-0.3, -0.25) is 4.79 Å². The number of hydrogen-bond acceptors (Lipinski definition) is 2. The van der Waals surface area contributed by atoms with Gasteiger partial charge in [0, 0.05) is 25.2 Å². The van der Waals surface area contributed by atoms with Crippen molar-refractivity contribution >= 4 is 11.9 Å². The fourth-order valence-corrected chi connectivity index (χ4v) is 3.23. The number of hydrogen-bond donors (Lipinski definition) is 2. The van der Waals surface area contributed by atoms with Gasteiger partial charge < -0.3 is 15.5 Å². The summed E-state index contributed by atoms with van der Waals surface area (Å²) in [5.74, 6) is 0.876. The molecule has 1 saturated carbocycles. The molecule has 5 heteroatoms. The molecule has 0 radical (unpaired) electrons. The third kappa shape index (κ3) is 4.35. The molecule has 1 amide bonds. The average molecular weight is 294 g/mol. The molecule has 2 fully saturated rings. The van der Waals surface area contributed by atoms with Crippen LogP contribution in [0.25, 0.3) is 0 Å². The van der Waals surface area contributed by atoms with Gasteiger partial charge in [0.25, 0.3) is 0 Å². The summed E-state index contributed by atoms with van der Waals surface area (Å²) in [6.07, 6.45) is 5.35. The van der Waals surface area contributed by atoms with Crippen LogP contribution < -0.4 is 10.6 Å². The molecule has 1 spiro atoms. The quantitative estimate of drug-likeness (QED) is 0.616. The molecule has 0 bridgehead atoms. The second kappa shape index (κ2) is 6.24. The zero-order chi connectivity index (χ0) is 15.5. The van der Waals surface area contributed by atoms with E-state index >= 15 is 0 Å². The van der Waals surface area contributed by atoms with Crippen LogP contribution in [0.4, 0.5) is 0 Å². The highest BCUT2D eigenvalue weighted by Crippen LogP contribution is 2.47. The van der Waals surface area contributed by atoms with Gasteiger partial charge in [0.2, 0.25) is 5.91 Å². The Kier molecular flexibility index (Phi) is 4.79. The molecule has 5 nitrogen and oxygen atoms in total. The van der Waals surface area contributed by atoms with Crippen LogP contribution in [0.2, 0.25) is 0 Å². The molecule has 0 aromatic rings. The highest BCUT2D eigenvalue weighted by Gasteiger charge is 2.43. The van der Waals surface area contributed by atoms with Crippen molar-refractivity contribution in [1.82, 2.24) is 15.5 Å². The predicted molar refractivity (Wildman–Crippen MR) is 86.3 cm³/mol. The lowest BCUT2D eigenvalue weighted by atomic mass is 9.68. The van der Waals surface area contributed by atoms with Crippen molar-refractivity contribution in [2.45, 2.75) is 58.9 Å². The Labute approximate surface area is 128 Å². The zero-order valence-corrected chi connectivity index (χ0v) is 14.0. The van der Waals surface area contributed by atoms with E-state index in [4.69, 9.17) is 0 Å². The van der Waals surface area contributed by atoms with Crippen LogP contribution in [0.5, 0.6) is 0 Å². The monoisotopic (exact) mass is 294 g/mol. The van der Waals surface area contributed by atoms with Crippen molar-refractivity contribution in [1.29, 1.82) is 0 Å². The molecule has 1 aliphatic heterocycles. The van der Waals surface area contributed by atoms with E-state index in [0.29, 0.717) is 5.41 Å². The second-order valence-corrected chi connectivity index (χ2v) is 7.49. The Hall–Kier alpha value is -1.26. The summed E-state index contributed by atoms with van der Waals surface area (Å²) in [5, 5.41) is 6.28. The van der Waals surface area contributed by atoms with Crippen molar-refractivity contribution in [3.63, 3.8) is 0 Å². The number of guanidine groups is 1. The maximum Gasteiger partial charge on any atom is 0.242 e. The minimum atomic E-state index is -0.200. The Bertz CT molecular complexity index is 407. The summed E-state index contributed by atoms with van der Waals surface area (Å²) in [5.41, 5.74) is 0.346. The zero-order valence-electron chi connectivity index (χ0n) is 14.0. The number of likely N-dealkylation sites (tertiary alicyclic amines) is 1. The normalized spacial score (nSPS) is 21.3. The van der Waals surface area contributed by atoms with E-state index < -0.39 is 0 Å². The average Bonchev–Trinajstić information content (AvgIpc) is 2.77. The van der Waals surface area contributed by atoms with Crippen LogP contribution in [0.15, 0.2) is 4.99 Å². The van der Waals surface area contributed by atoms with E-state index in [1.807, 2.05) is 20.8 Å². The highest BCUT2D eigenvalue weighted by atomic mass is 16.2. The summed E-state index contributed by atoms with van der Waals surface area (Å²) in [4.78, 5) is 18.8. The molecule has 1 aliphatic carbocycles. The molecule has 120 valence electrons. The van der Waals surface area contributed by atoms with Gasteiger partial charge in [0.15, 0.2) is 5.96 Å². The molecular formula is C16H30N4O. The van der Waals surface area contributed by atoms with Gasteiger partial charge in [0.05, 0.1) is 0 Å². The number of aliphatic imine (C=N–C) groups is 1. The molecule has 0 aromatic carbocycles. The lowest BCUT2D eigenvalue weighted by molar-refractivity contribution is -0.121. The van der Waals surface area contributed by atoms with E-state index in [1.165, 1.54) is 25.7 Å². The van der Waals surface area contributed by atoms with Gasteiger partial charge in [-0.15, -0.1) is 0 Å². The van der Waals surface area contributed by atoms with Gasteiger partial charge in [-0.1, -0.05) is 6.42 Å². The van der Waals surface area contributed by atoms with Crippen LogP contribution in [0.3, 0.4) is 0 Å². The van der Waals surface area contributed by atoms with Gasteiger partial charge in [0.1, 0.15) is 6.54 Å². The fourth-order valence-electron chi connectivity index (χ4n) is 3.23. The Morgan fingerprint density at radius 2 is 2.00 bits per heavy atom. The van der Waals surface area contributed by atoms with Gasteiger partial charge in [-0.2, -0.15) is 0 Å². The van der Waals surface area contributed by atoms with Crippen molar-refractivity contribution in [2.24, 2.45) is 10.4 Å². The molecule has 1 saturated heterocycles. The molecule has 2 rings (SSSR count). The summed E-state index contributed by atoms with van der Waals surface area (Å²) in [7, 11) is 0. The fraction of sp³-hybridized carbons (Fsp3) is 0.875. The topological polar surface area (TPSA) is 56.7 Å². The summed E-state index contributed by atoms with van der Waals surface area (Å²) in [6, 6.07) is 0. The minimum Gasteiger partial charge on any atom is -0.357 e. The SMILES string of the molecule is CCNC(=NCC(=O)NC(C)(C)C)N1CCC2(CCC2)C1. The maximum absolute atomic E-state index is 11.9. The van der Waals surface area contributed by atoms with Crippen molar-refractivity contribution < 1.29 is 4.79 Å². The van der Waals surface area contributed by atoms with Crippen molar-refractivity contribution in [2.75, 3.05) is 26.2 Å². The maximum atomic E-state index is 11.9. The highest BCUT2D eigenvalue weighted by molar-refractivity contribution is 5.85. The number of nitrogens with zero attached hydrogens (tertiary/aromatic N) is 2. The number of nitrogens with one attached hydrogen (secondary N) is 2. The molecule has 2 aliphatic rings. The summed E-state index contributed by atoms with van der Waals surface area (Å²) in [6.45, 7) is 11.2. The van der Waals surface area contributed by atoms with Gasteiger partial charge in [-0.05, 0) is 52.4 Å². The number of carbonyl (C=O) groups is 1. The molecule has 2 N–H and O–H groups in total.